The van der Waals surface area contributed by atoms with Gasteiger partial charge < -0.3 is 15.3 Å². The van der Waals surface area contributed by atoms with Gasteiger partial charge in [-0.05, 0) is 49.8 Å². The number of aliphatic hydroxyl groups is 1. The fourth-order valence-electron chi connectivity index (χ4n) is 3.80. The van der Waals surface area contributed by atoms with Crippen molar-refractivity contribution >= 4 is 23.3 Å². The molecule has 1 aliphatic carbocycles. The topological polar surface area (TPSA) is 52.6 Å². The van der Waals surface area contributed by atoms with E-state index in [-0.39, 0.29) is 17.5 Å². The molecule has 3 atom stereocenters. The van der Waals surface area contributed by atoms with Crippen molar-refractivity contribution < 1.29 is 23.1 Å². The molecule has 4 nitrogen and oxygen atoms in total. The minimum atomic E-state index is -4.58. The van der Waals surface area contributed by atoms with Gasteiger partial charge in [0.2, 0.25) is 0 Å². The van der Waals surface area contributed by atoms with Crippen LogP contribution in [0.15, 0.2) is 18.2 Å². The van der Waals surface area contributed by atoms with Crippen LogP contribution >= 0.6 is 11.6 Å². The summed E-state index contributed by atoms with van der Waals surface area (Å²) < 4.78 is 38.6. The van der Waals surface area contributed by atoms with Crippen molar-refractivity contribution in [3.8, 4) is 0 Å². The Labute approximate surface area is 142 Å². The van der Waals surface area contributed by atoms with Crippen LogP contribution in [0.5, 0.6) is 0 Å². The van der Waals surface area contributed by atoms with Gasteiger partial charge in [-0.25, -0.2) is 4.79 Å². The van der Waals surface area contributed by atoms with Crippen LogP contribution in [0.25, 0.3) is 0 Å². The number of hydrogen-bond acceptors (Lipinski definition) is 2. The summed E-state index contributed by atoms with van der Waals surface area (Å²) in [6.45, 7) is 2.81. The largest absolute Gasteiger partial charge is 0.417 e. The number of halogens is 4. The third-order valence-corrected chi connectivity index (χ3v) is 5.12. The van der Waals surface area contributed by atoms with E-state index in [9.17, 15) is 23.1 Å². The van der Waals surface area contributed by atoms with Crippen LogP contribution in [0.4, 0.5) is 23.7 Å². The number of hydrogen-bond donors (Lipinski definition) is 2. The predicted molar refractivity (Wildman–Crippen MR) is 83.9 cm³/mol. The molecule has 8 heteroatoms. The Kier molecular flexibility index (Phi) is 4.20. The molecule has 24 heavy (non-hydrogen) atoms. The number of urea groups is 1. The van der Waals surface area contributed by atoms with Crippen LogP contribution in [-0.2, 0) is 6.18 Å². The number of alkyl halides is 3. The maximum atomic E-state index is 12.9. The molecular weight excluding hydrogens is 345 g/mol. The van der Waals surface area contributed by atoms with Crippen molar-refractivity contribution in [2.45, 2.75) is 31.5 Å². The molecule has 2 amide bonds. The molecule has 0 radical (unpaired) electrons. The van der Waals surface area contributed by atoms with Gasteiger partial charge in [0.25, 0.3) is 0 Å². The quantitative estimate of drug-likeness (QED) is 0.793. The van der Waals surface area contributed by atoms with Gasteiger partial charge in [0, 0.05) is 18.8 Å². The van der Waals surface area contributed by atoms with Crippen molar-refractivity contribution in [3.63, 3.8) is 0 Å². The van der Waals surface area contributed by atoms with Crippen LogP contribution in [-0.4, -0.2) is 34.7 Å². The lowest BCUT2D eigenvalue weighted by atomic mass is 10.0. The van der Waals surface area contributed by atoms with Gasteiger partial charge in [-0.2, -0.15) is 13.2 Å². The number of carbonyl (C=O) groups is 1. The summed E-state index contributed by atoms with van der Waals surface area (Å²) in [6.07, 6.45) is -3.30. The van der Waals surface area contributed by atoms with E-state index in [0.29, 0.717) is 25.9 Å². The number of fused-ring (bicyclic) bond motifs is 1. The number of benzene rings is 1. The zero-order chi connectivity index (χ0) is 17.7. The summed E-state index contributed by atoms with van der Waals surface area (Å²) in [7, 11) is 0. The Morgan fingerprint density at radius 3 is 2.46 bits per heavy atom. The maximum Gasteiger partial charge on any atom is 0.417 e. The monoisotopic (exact) mass is 362 g/mol. The number of nitrogens with zero attached hydrogens (tertiary/aromatic N) is 1. The van der Waals surface area contributed by atoms with E-state index in [1.54, 1.807) is 11.8 Å². The number of nitrogens with one attached hydrogen (secondary N) is 1. The summed E-state index contributed by atoms with van der Waals surface area (Å²) >= 11 is 5.57. The minimum absolute atomic E-state index is 0.0563. The average molecular weight is 363 g/mol. The second kappa shape index (κ2) is 5.81. The third-order valence-electron chi connectivity index (χ3n) is 4.79. The molecule has 1 saturated carbocycles. The van der Waals surface area contributed by atoms with E-state index in [1.165, 1.54) is 6.07 Å². The molecule has 132 valence electrons. The molecule has 0 aromatic heterocycles. The first-order chi connectivity index (χ1) is 11.0. The highest BCUT2D eigenvalue weighted by Crippen LogP contribution is 2.43. The SMILES string of the molecule is CC1(O)C[C@H]2CN(C(=O)Nc3ccc(Cl)c(C(F)(F)F)c3)C[C@H]2C1. The highest BCUT2D eigenvalue weighted by atomic mass is 35.5. The highest BCUT2D eigenvalue weighted by molar-refractivity contribution is 6.31. The Bertz CT molecular complexity index is 647. The van der Waals surface area contributed by atoms with Gasteiger partial charge in [-0.15, -0.1) is 0 Å². The van der Waals surface area contributed by atoms with E-state index < -0.39 is 28.4 Å². The van der Waals surface area contributed by atoms with Gasteiger partial charge in [0.1, 0.15) is 0 Å². The highest BCUT2D eigenvalue weighted by Gasteiger charge is 2.46. The average Bonchev–Trinajstić information content (AvgIpc) is 2.93. The first kappa shape index (κ1) is 17.4. The van der Waals surface area contributed by atoms with Crippen molar-refractivity contribution in [3.05, 3.63) is 28.8 Å². The molecule has 0 bridgehead atoms. The lowest BCUT2D eigenvalue weighted by molar-refractivity contribution is -0.137. The van der Waals surface area contributed by atoms with Crippen LogP contribution in [0.3, 0.4) is 0 Å². The Balaban J connectivity index is 1.67. The van der Waals surface area contributed by atoms with Crippen molar-refractivity contribution in [2.24, 2.45) is 11.8 Å². The second-order valence-corrected chi connectivity index (χ2v) is 7.36. The summed E-state index contributed by atoms with van der Waals surface area (Å²) in [4.78, 5) is 13.9. The normalized spacial score (nSPS) is 29.7. The molecular formula is C16H18ClF3N2O2. The van der Waals surface area contributed by atoms with E-state index in [2.05, 4.69) is 5.32 Å². The minimum Gasteiger partial charge on any atom is -0.390 e. The third kappa shape index (κ3) is 3.47. The standard InChI is InChI=1S/C16H18ClF3N2O2/c1-15(24)5-9-7-22(8-10(9)6-15)14(23)21-11-2-3-13(17)12(4-11)16(18,19)20/h2-4,9-10,24H,5-8H2,1H3,(H,21,23)/t9-,10+,15?. The summed E-state index contributed by atoms with van der Waals surface area (Å²) in [5, 5.41) is 12.2. The van der Waals surface area contributed by atoms with Gasteiger partial charge in [0.05, 0.1) is 16.2 Å². The fourth-order valence-corrected chi connectivity index (χ4v) is 4.03. The zero-order valence-corrected chi connectivity index (χ0v) is 13.8. The van der Waals surface area contributed by atoms with Crippen molar-refractivity contribution in [1.29, 1.82) is 0 Å². The van der Waals surface area contributed by atoms with Crippen molar-refractivity contribution in [2.75, 3.05) is 18.4 Å². The second-order valence-electron chi connectivity index (χ2n) is 6.95. The van der Waals surface area contributed by atoms with Crippen molar-refractivity contribution in [1.82, 2.24) is 4.90 Å². The smallest absolute Gasteiger partial charge is 0.390 e. The summed E-state index contributed by atoms with van der Waals surface area (Å²) in [6, 6.07) is 2.87. The molecule has 1 aromatic rings. The first-order valence-electron chi connectivity index (χ1n) is 7.70. The van der Waals surface area contributed by atoms with E-state index >= 15 is 0 Å². The number of anilines is 1. The zero-order valence-electron chi connectivity index (χ0n) is 13.0. The first-order valence-corrected chi connectivity index (χ1v) is 8.08. The maximum absolute atomic E-state index is 12.9. The molecule has 1 aliphatic heterocycles. The van der Waals surface area contributed by atoms with Crippen LogP contribution in [0, 0.1) is 11.8 Å². The lowest BCUT2D eigenvalue weighted by Gasteiger charge is -2.22. The number of amides is 2. The van der Waals surface area contributed by atoms with E-state index in [1.807, 2.05) is 0 Å². The molecule has 1 unspecified atom stereocenters. The van der Waals surface area contributed by atoms with Gasteiger partial charge in [-0.1, -0.05) is 11.6 Å². The van der Waals surface area contributed by atoms with E-state index in [4.69, 9.17) is 11.6 Å². The van der Waals surface area contributed by atoms with Crippen LogP contribution in [0.1, 0.15) is 25.3 Å². The predicted octanol–water partition coefficient (Wildman–Crippen LogP) is 3.98. The molecule has 0 spiro atoms. The Morgan fingerprint density at radius 2 is 1.92 bits per heavy atom. The fraction of sp³-hybridized carbons (Fsp3) is 0.562. The summed E-state index contributed by atoms with van der Waals surface area (Å²) in [5.41, 5.74) is -1.60. The molecule has 2 fully saturated rings. The number of carbonyl (C=O) groups excluding carboxylic acids is 1. The Hall–Kier alpha value is -1.47. The van der Waals surface area contributed by atoms with Crippen LogP contribution < -0.4 is 5.32 Å². The van der Waals surface area contributed by atoms with Gasteiger partial charge in [-0.3, -0.25) is 0 Å². The summed E-state index contributed by atoms with van der Waals surface area (Å²) in [5.74, 6) is 0.475. The molecule has 2 aliphatic rings. The molecule has 1 aromatic carbocycles. The molecule has 2 N–H and O–H groups in total. The van der Waals surface area contributed by atoms with E-state index in [0.717, 1.165) is 12.1 Å². The van der Waals surface area contributed by atoms with Crippen LogP contribution in [0.2, 0.25) is 5.02 Å². The molecule has 1 saturated heterocycles. The molecule has 3 rings (SSSR count). The lowest BCUT2D eigenvalue weighted by Crippen LogP contribution is -2.35. The number of rotatable bonds is 1. The van der Waals surface area contributed by atoms with Gasteiger partial charge in [0.15, 0.2) is 0 Å². The Morgan fingerprint density at radius 1 is 1.33 bits per heavy atom. The van der Waals surface area contributed by atoms with Gasteiger partial charge >= 0.3 is 12.2 Å². The molecule has 1 heterocycles. The number of likely N-dealkylation sites (tertiary alicyclic amines) is 1.